The SMILES string of the molecule is Cc1csc(NC(=O)NCC(C)(C)N2CCOCC2)n1. The van der Waals surface area contributed by atoms with E-state index in [4.69, 9.17) is 4.74 Å². The third kappa shape index (κ3) is 4.16. The van der Waals surface area contributed by atoms with Crippen LogP contribution in [0.1, 0.15) is 19.5 Å². The molecule has 2 amide bonds. The van der Waals surface area contributed by atoms with Gasteiger partial charge in [0.2, 0.25) is 0 Å². The van der Waals surface area contributed by atoms with Gasteiger partial charge in [0, 0.05) is 30.6 Å². The number of nitrogens with zero attached hydrogens (tertiary/aromatic N) is 2. The van der Waals surface area contributed by atoms with Crippen molar-refractivity contribution in [3.63, 3.8) is 0 Å². The van der Waals surface area contributed by atoms with Crippen molar-refractivity contribution in [3.8, 4) is 0 Å². The Morgan fingerprint density at radius 2 is 2.20 bits per heavy atom. The summed E-state index contributed by atoms with van der Waals surface area (Å²) in [6, 6.07) is -0.208. The molecule has 20 heavy (non-hydrogen) atoms. The monoisotopic (exact) mass is 298 g/mol. The number of morpholine rings is 1. The van der Waals surface area contributed by atoms with Crippen LogP contribution in [0, 0.1) is 6.92 Å². The third-order valence-electron chi connectivity index (χ3n) is 3.39. The number of hydrogen-bond acceptors (Lipinski definition) is 5. The van der Waals surface area contributed by atoms with Crippen LogP contribution in [0.15, 0.2) is 5.38 Å². The lowest BCUT2D eigenvalue weighted by Gasteiger charge is -2.40. The first-order valence-electron chi connectivity index (χ1n) is 6.77. The fourth-order valence-corrected chi connectivity index (χ4v) is 2.81. The molecule has 1 fully saturated rings. The van der Waals surface area contributed by atoms with Gasteiger partial charge in [-0.25, -0.2) is 9.78 Å². The van der Waals surface area contributed by atoms with Crippen molar-refractivity contribution in [2.24, 2.45) is 0 Å². The maximum absolute atomic E-state index is 11.9. The van der Waals surface area contributed by atoms with Crippen molar-refractivity contribution >= 4 is 22.5 Å². The Kier molecular flexibility index (Phi) is 4.95. The number of carbonyl (C=O) groups excluding carboxylic acids is 1. The standard InChI is InChI=1S/C13H22N4O2S/c1-10-8-20-12(15-10)16-11(18)14-9-13(2,3)17-4-6-19-7-5-17/h8H,4-7,9H2,1-3H3,(H2,14,15,16,18). The molecule has 1 aromatic rings. The number of urea groups is 1. The van der Waals surface area contributed by atoms with E-state index in [0.717, 1.165) is 32.0 Å². The molecule has 112 valence electrons. The number of amides is 2. The van der Waals surface area contributed by atoms with Crippen LogP contribution in [0.2, 0.25) is 0 Å². The molecule has 1 saturated heterocycles. The minimum Gasteiger partial charge on any atom is -0.379 e. The van der Waals surface area contributed by atoms with Crippen LogP contribution in [-0.2, 0) is 4.74 Å². The third-order valence-corrected chi connectivity index (χ3v) is 4.26. The number of aryl methyl sites for hydroxylation is 1. The highest BCUT2D eigenvalue weighted by Gasteiger charge is 2.28. The summed E-state index contributed by atoms with van der Waals surface area (Å²) in [7, 11) is 0. The molecule has 0 spiro atoms. The number of thiazole rings is 1. The number of anilines is 1. The van der Waals surface area contributed by atoms with Crippen LogP contribution in [0.3, 0.4) is 0 Å². The Balaban J connectivity index is 1.79. The first-order chi connectivity index (χ1) is 9.47. The van der Waals surface area contributed by atoms with Crippen molar-refractivity contribution in [2.75, 3.05) is 38.2 Å². The van der Waals surface area contributed by atoms with Gasteiger partial charge in [-0.15, -0.1) is 11.3 Å². The van der Waals surface area contributed by atoms with Crippen LogP contribution in [0.5, 0.6) is 0 Å². The normalized spacial score (nSPS) is 16.9. The van der Waals surface area contributed by atoms with Crippen molar-refractivity contribution < 1.29 is 9.53 Å². The Hall–Kier alpha value is -1.18. The lowest BCUT2D eigenvalue weighted by atomic mass is 10.0. The largest absolute Gasteiger partial charge is 0.379 e. The van der Waals surface area contributed by atoms with Crippen LogP contribution >= 0.6 is 11.3 Å². The van der Waals surface area contributed by atoms with Crippen LogP contribution in [-0.4, -0.2) is 54.3 Å². The van der Waals surface area contributed by atoms with E-state index in [1.807, 2.05) is 12.3 Å². The van der Waals surface area contributed by atoms with E-state index in [2.05, 4.69) is 34.4 Å². The molecular weight excluding hydrogens is 276 g/mol. The molecule has 1 aliphatic rings. The van der Waals surface area contributed by atoms with Gasteiger partial charge in [-0.1, -0.05) is 0 Å². The van der Waals surface area contributed by atoms with E-state index < -0.39 is 0 Å². The van der Waals surface area contributed by atoms with E-state index in [0.29, 0.717) is 11.7 Å². The van der Waals surface area contributed by atoms with Gasteiger partial charge in [-0.05, 0) is 20.8 Å². The number of carbonyl (C=O) groups is 1. The van der Waals surface area contributed by atoms with Gasteiger partial charge in [-0.2, -0.15) is 0 Å². The van der Waals surface area contributed by atoms with Crippen molar-refractivity contribution in [1.29, 1.82) is 0 Å². The minimum absolute atomic E-state index is 0.0834. The topological polar surface area (TPSA) is 66.5 Å². The average molecular weight is 298 g/mol. The van der Waals surface area contributed by atoms with Gasteiger partial charge in [0.15, 0.2) is 5.13 Å². The molecule has 0 aliphatic carbocycles. The molecular formula is C13H22N4O2S. The first-order valence-corrected chi connectivity index (χ1v) is 7.65. The van der Waals surface area contributed by atoms with E-state index in [-0.39, 0.29) is 11.6 Å². The maximum Gasteiger partial charge on any atom is 0.321 e. The molecule has 1 aliphatic heterocycles. The van der Waals surface area contributed by atoms with E-state index in [9.17, 15) is 4.79 Å². The molecule has 2 heterocycles. The second-order valence-electron chi connectivity index (χ2n) is 5.51. The fraction of sp³-hybridized carbons (Fsp3) is 0.692. The molecule has 7 heteroatoms. The summed E-state index contributed by atoms with van der Waals surface area (Å²) in [4.78, 5) is 18.4. The number of aromatic nitrogens is 1. The summed E-state index contributed by atoms with van der Waals surface area (Å²) in [5.74, 6) is 0. The van der Waals surface area contributed by atoms with Crippen molar-refractivity contribution in [1.82, 2.24) is 15.2 Å². The molecule has 0 saturated carbocycles. The summed E-state index contributed by atoms with van der Waals surface area (Å²) in [5.41, 5.74) is 0.832. The molecule has 2 N–H and O–H groups in total. The number of rotatable bonds is 4. The van der Waals surface area contributed by atoms with Gasteiger partial charge in [0.05, 0.1) is 18.9 Å². The lowest BCUT2D eigenvalue weighted by Crippen LogP contribution is -2.55. The van der Waals surface area contributed by atoms with Gasteiger partial charge < -0.3 is 10.1 Å². The summed E-state index contributed by atoms with van der Waals surface area (Å²) < 4.78 is 5.35. The van der Waals surface area contributed by atoms with Crippen LogP contribution < -0.4 is 10.6 Å². The average Bonchev–Trinajstić information content (AvgIpc) is 2.83. The summed E-state index contributed by atoms with van der Waals surface area (Å²) in [6.07, 6.45) is 0. The number of nitrogens with one attached hydrogen (secondary N) is 2. The van der Waals surface area contributed by atoms with Gasteiger partial charge >= 0.3 is 6.03 Å². The second-order valence-corrected chi connectivity index (χ2v) is 6.37. The van der Waals surface area contributed by atoms with Crippen LogP contribution in [0.4, 0.5) is 9.93 Å². The van der Waals surface area contributed by atoms with E-state index in [1.54, 1.807) is 0 Å². The maximum atomic E-state index is 11.9. The molecule has 0 unspecified atom stereocenters. The highest BCUT2D eigenvalue weighted by Crippen LogP contribution is 2.16. The Labute approximate surface area is 123 Å². The summed E-state index contributed by atoms with van der Waals surface area (Å²) >= 11 is 1.43. The predicted molar refractivity (Wildman–Crippen MR) is 80.3 cm³/mol. The van der Waals surface area contributed by atoms with Gasteiger partial charge in [0.1, 0.15) is 0 Å². The summed E-state index contributed by atoms with van der Waals surface area (Å²) in [5, 5.41) is 8.20. The number of ether oxygens (including phenoxy) is 1. The van der Waals surface area contributed by atoms with E-state index >= 15 is 0 Å². The molecule has 0 bridgehead atoms. The smallest absolute Gasteiger partial charge is 0.321 e. The van der Waals surface area contributed by atoms with Gasteiger partial charge in [0.25, 0.3) is 0 Å². The molecule has 6 nitrogen and oxygen atoms in total. The van der Waals surface area contributed by atoms with Crippen molar-refractivity contribution in [3.05, 3.63) is 11.1 Å². The molecule has 0 aromatic carbocycles. The van der Waals surface area contributed by atoms with E-state index in [1.165, 1.54) is 11.3 Å². The molecule has 0 atom stereocenters. The zero-order valence-electron chi connectivity index (χ0n) is 12.2. The summed E-state index contributed by atoms with van der Waals surface area (Å²) in [6.45, 7) is 10.1. The zero-order valence-corrected chi connectivity index (χ0v) is 13.0. The van der Waals surface area contributed by atoms with Gasteiger partial charge in [-0.3, -0.25) is 10.2 Å². The van der Waals surface area contributed by atoms with Crippen molar-refractivity contribution in [2.45, 2.75) is 26.3 Å². The Morgan fingerprint density at radius 1 is 1.50 bits per heavy atom. The lowest BCUT2D eigenvalue weighted by molar-refractivity contribution is -0.00863. The highest BCUT2D eigenvalue weighted by molar-refractivity contribution is 7.13. The van der Waals surface area contributed by atoms with Crippen LogP contribution in [0.25, 0.3) is 0 Å². The molecule has 1 aromatic heterocycles. The Bertz CT molecular complexity index is 455. The minimum atomic E-state index is -0.208. The zero-order chi connectivity index (χ0) is 14.6. The second kappa shape index (κ2) is 6.51. The molecule has 0 radical (unpaired) electrons. The first kappa shape index (κ1) is 15.2. The number of hydrogen-bond donors (Lipinski definition) is 2. The highest BCUT2D eigenvalue weighted by atomic mass is 32.1. The Morgan fingerprint density at radius 3 is 2.80 bits per heavy atom. The predicted octanol–water partition coefficient (Wildman–Crippen LogP) is 1.68. The fourth-order valence-electron chi connectivity index (χ4n) is 2.13. The molecule has 2 rings (SSSR count). The quantitative estimate of drug-likeness (QED) is 0.887.